The van der Waals surface area contributed by atoms with Crippen LogP contribution in [0.1, 0.15) is 105 Å². The van der Waals surface area contributed by atoms with Crippen LogP contribution in [0.25, 0.3) is 0 Å². The summed E-state index contributed by atoms with van der Waals surface area (Å²) in [5.74, 6) is 2.38. The summed E-state index contributed by atoms with van der Waals surface area (Å²) in [4.78, 5) is 0. The number of ether oxygens (including phenoxy) is 4. The summed E-state index contributed by atoms with van der Waals surface area (Å²) in [5, 5.41) is 70.8. The Morgan fingerprint density at radius 1 is 0.667 bits per heavy atom. The number of unbranched alkanes of at least 4 members (excludes halogenated alkanes) is 1. The van der Waals surface area contributed by atoms with Gasteiger partial charge in [0.25, 0.3) is 0 Å². The molecule has 0 aromatic heterocycles. The van der Waals surface area contributed by atoms with Crippen LogP contribution >= 0.6 is 0 Å². The molecule has 2 aliphatic heterocycles. The first-order valence-corrected chi connectivity index (χ1v) is 17.2. The summed E-state index contributed by atoms with van der Waals surface area (Å²) in [6.45, 7) is 10.5. The lowest BCUT2D eigenvalue weighted by molar-refractivity contribution is -0.359. The van der Waals surface area contributed by atoms with Crippen molar-refractivity contribution in [1.29, 1.82) is 0 Å². The maximum absolute atomic E-state index is 10.7. The molecule has 12 unspecified atom stereocenters. The molecule has 2 rings (SSSR count). The molecule has 12 atom stereocenters. The average molecular weight is 649 g/mol. The normalized spacial score (nSPS) is 34.3. The zero-order chi connectivity index (χ0) is 33.5. The van der Waals surface area contributed by atoms with Crippen LogP contribution in [0.15, 0.2) is 11.6 Å². The first-order valence-electron chi connectivity index (χ1n) is 17.2. The Kier molecular flexibility index (Phi) is 19.2. The predicted octanol–water partition coefficient (Wildman–Crippen LogP) is 2.79. The van der Waals surface area contributed by atoms with Crippen molar-refractivity contribution in [1.82, 2.24) is 0 Å². The Hall–Kier alpha value is -0.700. The molecule has 11 nitrogen and oxygen atoms in total. The summed E-state index contributed by atoms with van der Waals surface area (Å²) in [7, 11) is 0. The van der Waals surface area contributed by atoms with Crippen molar-refractivity contribution in [3.63, 3.8) is 0 Å². The lowest BCUT2D eigenvalue weighted by atomic mass is 9.91. The Bertz CT molecular complexity index is 807. The third-order valence-corrected chi connectivity index (χ3v) is 9.22. The first-order chi connectivity index (χ1) is 21.4. The van der Waals surface area contributed by atoms with Crippen molar-refractivity contribution < 1.29 is 54.7 Å². The monoisotopic (exact) mass is 648 g/mol. The van der Waals surface area contributed by atoms with Crippen molar-refractivity contribution in [2.45, 2.75) is 167 Å². The van der Waals surface area contributed by atoms with Crippen molar-refractivity contribution in [3.05, 3.63) is 11.6 Å². The summed E-state index contributed by atoms with van der Waals surface area (Å²) in [5.41, 5.74) is 1.35. The third-order valence-electron chi connectivity index (χ3n) is 9.22. The predicted molar refractivity (Wildman–Crippen MR) is 170 cm³/mol. The molecular weight excluding hydrogens is 584 g/mol. The summed E-state index contributed by atoms with van der Waals surface area (Å²) >= 11 is 0. The van der Waals surface area contributed by atoms with Crippen molar-refractivity contribution in [2.24, 2.45) is 17.8 Å². The van der Waals surface area contributed by atoms with E-state index in [1.807, 2.05) is 0 Å². The van der Waals surface area contributed by atoms with Gasteiger partial charge in [-0.2, -0.15) is 0 Å². The van der Waals surface area contributed by atoms with E-state index in [-0.39, 0.29) is 6.61 Å². The van der Waals surface area contributed by atoms with Crippen LogP contribution in [-0.4, -0.2) is 117 Å². The molecule has 0 spiro atoms. The van der Waals surface area contributed by atoms with E-state index in [1.54, 1.807) is 0 Å². The van der Waals surface area contributed by atoms with Gasteiger partial charge in [0.2, 0.25) is 0 Å². The van der Waals surface area contributed by atoms with Crippen molar-refractivity contribution in [2.75, 3.05) is 19.8 Å². The maximum Gasteiger partial charge on any atom is 0.187 e. The molecule has 2 heterocycles. The van der Waals surface area contributed by atoms with Gasteiger partial charge in [0.05, 0.1) is 19.8 Å². The second kappa shape index (κ2) is 21.3. The zero-order valence-electron chi connectivity index (χ0n) is 28.2. The van der Waals surface area contributed by atoms with E-state index in [1.165, 1.54) is 56.9 Å². The molecule has 0 bridgehead atoms. The quantitative estimate of drug-likeness (QED) is 0.0719. The van der Waals surface area contributed by atoms with Gasteiger partial charge in [-0.1, -0.05) is 84.3 Å². The largest absolute Gasteiger partial charge is 0.394 e. The molecule has 7 N–H and O–H groups in total. The minimum Gasteiger partial charge on any atom is -0.394 e. The molecule has 2 saturated heterocycles. The zero-order valence-corrected chi connectivity index (χ0v) is 28.2. The minimum atomic E-state index is -1.71. The van der Waals surface area contributed by atoms with Crippen molar-refractivity contribution >= 4 is 0 Å². The second-order valence-electron chi connectivity index (χ2n) is 13.9. The molecule has 0 amide bonds. The molecule has 11 heteroatoms. The van der Waals surface area contributed by atoms with Gasteiger partial charge in [-0.05, 0) is 50.4 Å². The smallest absolute Gasteiger partial charge is 0.187 e. The Balaban J connectivity index is 1.66. The highest BCUT2D eigenvalue weighted by Gasteiger charge is 2.50. The van der Waals surface area contributed by atoms with Crippen molar-refractivity contribution in [3.8, 4) is 0 Å². The number of hydrogen-bond donors (Lipinski definition) is 7. The van der Waals surface area contributed by atoms with E-state index in [2.05, 4.69) is 40.7 Å². The Morgan fingerprint density at radius 2 is 1.22 bits per heavy atom. The first kappa shape index (κ1) is 40.5. The average Bonchev–Trinajstić information content (AvgIpc) is 3.00. The lowest BCUT2D eigenvalue weighted by Crippen LogP contribution is -2.64. The van der Waals surface area contributed by atoms with Gasteiger partial charge in [0.1, 0.15) is 48.8 Å². The standard InChI is InChI=1S/C34H64O11/c1-21(2)11-8-13-23(4)15-10-17-24(5)16-9-14-22(3)12-6-7-18-42-33-31(41)29(39)32(26(20-36)44-33)45-34-30(40)28(38)27(37)25(19-35)43-34/h12,21,23-41H,6-11,13-20H2,1-5H3. The summed E-state index contributed by atoms with van der Waals surface area (Å²) in [6, 6.07) is 0. The summed E-state index contributed by atoms with van der Waals surface area (Å²) < 4.78 is 22.3. The fourth-order valence-electron chi connectivity index (χ4n) is 6.13. The van der Waals surface area contributed by atoms with Gasteiger partial charge in [0.15, 0.2) is 12.6 Å². The molecule has 0 aliphatic carbocycles. The molecule has 2 aliphatic rings. The van der Waals surface area contributed by atoms with Gasteiger partial charge in [-0.25, -0.2) is 0 Å². The van der Waals surface area contributed by atoms with E-state index in [4.69, 9.17) is 18.9 Å². The number of aliphatic hydroxyl groups excluding tert-OH is 7. The molecule has 0 radical (unpaired) electrons. The van der Waals surface area contributed by atoms with Crippen LogP contribution in [-0.2, 0) is 18.9 Å². The highest BCUT2D eigenvalue weighted by Crippen LogP contribution is 2.30. The Morgan fingerprint density at radius 3 is 1.82 bits per heavy atom. The Labute approximate surface area is 270 Å². The van der Waals surface area contributed by atoms with Crippen LogP contribution in [0.5, 0.6) is 0 Å². The van der Waals surface area contributed by atoms with Crippen LogP contribution in [0.4, 0.5) is 0 Å². The van der Waals surface area contributed by atoms with Crippen LogP contribution in [0, 0.1) is 17.8 Å². The molecular formula is C34H64O11. The van der Waals surface area contributed by atoms with Gasteiger partial charge < -0.3 is 54.7 Å². The third kappa shape index (κ3) is 13.7. The molecule has 0 saturated carbocycles. The van der Waals surface area contributed by atoms with E-state index < -0.39 is 74.6 Å². The maximum atomic E-state index is 10.7. The fourth-order valence-corrected chi connectivity index (χ4v) is 6.13. The van der Waals surface area contributed by atoms with E-state index in [0.29, 0.717) is 6.42 Å². The highest BCUT2D eigenvalue weighted by atomic mass is 16.7. The molecule has 0 aromatic carbocycles. The van der Waals surface area contributed by atoms with Crippen LogP contribution in [0.2, 0.25) is 0 Å². The van der Waals surface area contributed by atoms with Crippen LogP contribution < -0.4 is 0 Å². The fraction of sp³-hybridized carbons (Fsp3) is 0.941. The second-order valence-corrected chi connectivity index (χ2v) is 13.9. The molecule has 2 fully saturated rings. The van der Waals surface area contributed by atoms with Gasteiger partial charge in [-0.15, -0.1) is 0 Å². The number of rotatable bonds is 21. The van der Waals surface area contributed by atoms with Gasteiger partial charge in [0, 0.05) is 0 Å². The number of hydrogen-bond acceptors (Lipinski definition) is 11. The van der Waals surface area contributed by atoms with Crippen LogP contribution in [0.3, 0.4) is 0 Å². The molecule has 0 aromatic rings. The van der Waals surface area contributed by atoms with E-state index in [0.717, 1.165) is 30.6 Å². The highest BCUT2D eigenvalue weighted by molar-refractivity contribution is 4.98. The van der Waals surface area contributed by atoms with Gasteiger partial charge in [-0.3, -0.25) is 0 Å². The number of aliphatic hydroxyl groups is 7. The SMILES string of the molecule is CC(=CCCCOC1OC(CO)C(OC2OC(CO)C(O)C(O)C2O)C(O)C1O)CCCC(C)CCCC(C)CCCC(C)C. The molecule has 266 valence electrons. The lowest BCUT2D eigenvalue weighted by Gasteiger charge is -2.45. The molecule has 45 heavy (non-hydrogen) atoms. The van der Waals surface area contributed by atoms with E-state index in [9.17, 15) is 35.7 Å². The van der Waals surface area contributed by atoms with Gasteiger partial charge >= 0.3 is 0 Å². The summed E-state index contributed by atoms with van der Waals surface area (Å²) in [6.07, 6.45) is 0.673. The van der Waals surface area contributed by atoms with E-state index >= 15 is 0 Å². The minimum absolute atomic E-state index is 0.265. The topological polar surface area (TPSA) is 179 Å². The number of allylic oxidation sites excluding steroid dienone is 2.